The highest BCUT2D eigenvalue weighted by atomic mass is 16.5. The second-order valence-electron chi connectivity index (χ2n) is 5.31. The van der Waals surface area contributed by atoms with Gasteiger partial charge in [0, 0.05) is 30.7 Å². The Bertz CT molecular complexity index is 741. The average Bonchev–Trinajstić information content (AvgIpc) is 3.10. The Morgan fingerprint density at radius 2 is 2.10 bits per heavy atom. The minimum atomic E-state index is 0.294. The van der Waals surface area contributed by atoms with Gasteiger partial charge in [-0.05, 0) is 37.5 Å². The van der Waals surface area contributed by atoms with Crippen LogP contribution in [0.5, 0.6) is 0 Å². The molecular formula is C15H16N4O2. The Hall–Kier alpha value is -2.21. The maximum absolute atomic E-state index is 5.47. The van der Waals surface area contributed by atoms with E-state index in [9.17, 15) is 0 Å². The third-order valence-electron chi connectivity index (χ3n) is 3.88. The Kier molecular flexibility index (Phi) is 3.16. The summed E-state index contributed by atoms with van der Waals surface area (Å²) in [6, 6.07) is 5.91. The van der Waals surface area contributed by atoms with Crippen LogP contribution in [0.15, 0.2) is 28.9 Å². The molecule has 1 atom stereocenters. The van der Waals surface area contributed by atoms with Crippen molar-refractivity contribution in [2.75, 3.05) is 13.2 Å². The number of rotatable bonds is 2. The second kappa shape index (κ2) is 5.29. The molecule has 1 aliphatic rings. The van der Waals surface area contributed by atoms with Crippen molar-refractivity contribution in [3.63, 3.8) is 0 Å². The maximum atomic E-state index is 5.47. The molecule has 6 nitrogen and oxygen atoms in total. The van der Waals surface area contributed by atoms with Crippen LogP contribution < -0.4 is 0 Å². The highest BCUT2D eigenvalue weighted by molar-refractivity contribution is 5.77. The SMILES string of the molecule is c1cc2ccc(-c3noc(C4CCCOCC4)n3)nc2[nH]1. The van der Waals surface area contributed by atoms with Gasteiger partial charge in [-0.2, -0.15) is 4.98 Å². The fourth-order valence-corrected chi connectivity index (χ4v) is 2.71. The molecule has 0 spiro atoms. The minimum Gasteiger partial charge on any atom is -0.381 e. The molecule has 1 fully saturated rings. The largest absolute Gasteiger partial charge is 0.381 e. The van der Waals surface area contributed by atoms with Gasteiger partial charge in [0.2, 0.25) is 11.7 Å². The first-order valence-corrected chi connectivity index (χ1v) is 7.26. The van der Waals surface area contributed by atoms with Crippen LogP contribution in [0.1, 0.15) is 31.1 Å². The number of ether oxygens (including phenoxy) is 1. The first kappa shape index (κ1) is 12.5. The molecule has 21 heavy (non-hydrogen) atoms. The first-order valence-electron chi connectivity index (χ1n) is 7.26. The molecule has 1 saturated heterocycles. The first-order chi connectivity index (χ1) is 10.4. The van der Waals surface area contributed by atoms with Crippen LogP contribution >= 0.6 is 0 Å². The number of aromatic nitrogens is 4. The van der Waals surface area contributed by atoms with E-state index in [0.717, 1.165) is 49.2 Å². The topological polar surface area (TPSA) is 76.8 Å². The van der Waals surface area contributed by atoms with E-state index >= 15 is 0 Å². The Balaban J connectivity index is 1.63. The lowest BCUT2D eigenvalue weighted by Gasteiger charge is -2.06. The van der Waals surface area contributed by atoms with Gasteiger partial charge in [-0.1, -0.05) is 5.16 Å². The van der Waals surface area contributed by atoms with Crippen molar-refractivity contribution in [1.82, 2.24) is 20.1 Å². The van der Waals surface area contributed by atoms with Gasteiger partial charge in [-0.15, -0.1) is 0 Å². The Labute approximate surface area is 121 Å². The van der Waals surface area contributed by atoms with Gasteiger partial charge < -0.3 is 14.2 Å². The van der Waals surface area contributed by atoms with Gasteiger partial charge in [0.25, 0.3) is 0 Å². The average molecular weight is 284 g/mol. The third kappa shape index (κ3) is 2.42. The van der Waals surface area contributed by atoms with Gasteiger partial charge in [0.1, 0.15) is 11.3 Å². The summed E-state index contributed by atoms with van der Waals surface area (Å²) in [5.41, 5.74) is 1.56. The zero-order valence-corrected chi connectivity index (χ0v) is 11.6. The lowest BCUT2D eigenvalue weighted by atomic mass is 10.0. The molecule has 4 rings (SSSR count). The minimum absolute atomic E-state index is 0.294. The Morgan fingerprint density at radius 1 is 1.10 bits per heavy atom. The summed E-state index contributed by atoms with van der Waals surface area (Å²) >= 11 is 0. The van der Waals surface area contributed by atoms with Crippen LogP contribution in [0, 0.1) is 0 Å². The van der Waals surface area contributed by atoms with E-state index in [1.807, 2.05) is 24.4 Å². The van der Waals surface area contributed by atoms with Crippen molar-refractivity contribution in [3.05, 3.63) is 30.3 Å². The van der Waals surface area contributed by atoms with Crippen molar-refractivity contribution in [2.45, 2.75) is 25.2 Å². The van der Waals surface area contributed by atoms with Gasteiger partial charge in [-0.25, -0.2) is 4.98 Å². The van der Waals surface area contributed by atoms with E-state index in [0.29, 0.717) is 17.6 Å². The monoisotopic (exact) mass is 284 g/mol. The fourth-order valence-electron chi connectivity index (χ4n) is 2.71. The van der Waals surface area contributed by atoms with E-state index in [-0.39, 0.29) is 0 Å². The van der Waals surface area contributed by atoms with Gasteiger partial charge >= 0.3 is 0 Å². The molecule has 6 heteroatoms. The van der Waals surface area contributed by atoms with Crippen molar-refractivity contribution >= 4 is 11.0 Å². The molecule has 1 aliphatic heterocycles. The quantitative estimate of drug-likeness (QED) is 0.783. The van der Waals surface area contributed by atoms with Gasteiger partial charge in [0.05, 0.1) is 0 Å². The van der Waals surface area contributed by atoms with E-state index in [4.69, 9.17) is 9.26 Å². The maximum Gasteiger partial charge on any atom is 0.230 e. The number of H-pyrrole nitrogens is 1. The predicted molar refractivity (Wildman–Crippen MR) is 76.8 cm³/mol. The molecule has 0 saturated carbocycles. The second-order valence-corrected chi connectivity index (χ2v) is 5.31. The normalized spacial score (nSPS) is 19.7. The summed E-state index contributed by atoms with van der Waals surface area (Å²) in [5.74, 6) is 1.54. The molecule has 0 aliphatic carbocycles. The zero-order chi connectivity index (χ0) is 14.1. The number of hydrogen-bond acceptors (Lipinski definition) is 5. The van der Waals surface area contributed by atoms with Crippen molar-refractivity contribution in [1.29, 1.82) is 0 Å². The zero-order valence-electron chi connectivity index (χ0n) is 11.6. The molecule has 1 unspecified atom stereocenters. The molecule has 3 aromatic rings. The number of nitrogens with zero attached hydrogens (tertiary/aromatic N) is 3. The Morgan fingerprint density at radius 3 is 3.10 bits per heavy atom. The predicted octanol–water partition coefficient (Wildman–Crippen LogP) is 2.90. The number of fused-ring (bicyclic) bond motifs is 1. The summed E-state index contributed by atoms with van der Waals surface area (Å²) in [7, 11) is 0. The molecular weight excluding hydrogens is 268 g/mol. The summed E-state index contributed by atoms with van der Waals surface area (Å²) < 4.78 is 10.9. The van der Waals surface area contributed by atoms with Gasteiger partial charge in [0.15, 0.2) is 0 Å². The van der Waals surface area contributed by atoms with Crippen molar-refractivity contribution < 1.29 is 9.26 Å². The molecule has 0 amide bonds. The van der Waals surface area contributed by atoms with Crippen molar-refractivity contribution in [2.24, 2.45) is 0 Å². The summed E-state index contributed by atoms with van der Waals surface area (Å²) in [5, 5.41) is 5.15. The lowest BCUT2D eigenvalue weighted by molar-refractivity contribution is 0.142. The summed E-state index contributed by atoms with van der Waals surface area (Å²) in [6.07, 6.45) is 4.87. The molecule has 1 N–H and O–H groups in total. The number of hydrogen-bond donors (Lipinski definition) is 1. The van der Waals surface area contributed by atoms with E-state index in [1.165, 1.54) is 0 Å². The fraction of sp³-hybridized carbons (Fsp3) is 0.400. The third-order valence-corrected chi connectivity index (χ3v) is 3.88. The van der Waals surface area contributed by atoms with E-state index < -0.39 is 0 Å². The van der Waals surface area contributed by atoms with E-state index in [1.54, 1.807) is 0 Å². The summed E-state index contributed by atoms with van der Waals surface area (Å²) in [4.78, 5) is 12.1. The molecule has 108 valence electrons. The smallest absolute Gasteiger partial charge is 0.230 e. The van der Waals surface area contributed by atoms with Crippen LogP contribution in [-0.2, 0) is 4.74 Å². The highest BCUT2D eigenvalue weighted by Crippen LogP contribution is 2.27. The standard InChI is InChI=1S/C15H16N4O2/c1-2-11(6-9-20-8-1)15-18-14(19-21-15)12-4-3-10-5-7-16-13(10)17-12/h3-5,7,11H,1-2,6,8-9H2,(H,16,17). The number of pyridine rings is 1. The summed E-state index contributed by atoms with van der Waals surface area (Å²) in [6.45, 7) is 1.58. The lowest BCUT2D eigenvalue weighted by Crippen LogP contribution is -2.00. The number of nitrogens with one attached hydrogen (secondary N) is 1. The molecule has 0 aromatic carbocycles. The number of aromatic amines is 1. The van der Waals surface area contributed by atoms with Crippen LogP contribution in [0.3, 0.4) is 0 Å². The molecule has 0 radical (unpaired) electrons. The molecule has 0 bridgehead atoms. The van der Waals surface area contributed by atoms with Crippen molar-refractivity contribution in [3.8, 4) is 11.5 Å². The van der Waals surface area contributed by atoms with Crippen LogP contribution in [0.25, 0.3) is 22.6 Å². The molecule has 4 heterocycles. The van der Waals surface area contributed by atoms with Crippen LogP contribution in [0.2, 0.25) is 0 Å². The van der Waals surface area contributed by atoms with Crippen LogP contribution in [0.4, 0.5) is 0 Å². The van der Waals surface area contributed by atoms with Gasteiger partial charge in [-0.3, -0.25) is 0 Å². The highest BCUT2D eigenvalue weighted by Gasteiger charge is 2.21. The van der Waals surface area contributed by atoms with E-state index in [2.05, 4.69) is 20.1 Å². The van der Waals surface area contributed by atoms with Crippen LogP contribution in [-0.4, -0.2) is 33.3 Å². The molecule has 3 aromatic heterocycles.